The Morgan fingerprint density at radius 1 is 0.810 bits per heavy atom. The molecule has 0 saturated heterocycles. The van der Waals surface area contributed by atoms with Crippen molar-refractivity contribution in [3.63, 3.8) is 0 Å². The molecule has 1 nitrogen and oxygen atoms in total. The fraction of sp³-hybridized carbons (Fsp3) is 0.667. The highest BCUT2D eigenvalue weighted by molar-refractivity contribution is 6.74. The Hall–Kier alpha value is -0.473. The van der Waals surface area contributed by atoms with Gasteiger partial charge >= 0.3 is 0 Å². The first-order chi connectivity index (χ1) is 10.2. The molecule has 3 heteroatoms. The average Bonchev–Trinajstić information content (AvgIpc) is 2.51. The van der Waals surface area contributed by atoms with Crippen molar-refractivity contribution < 1.29 is 4.43 Å². The maximum Gasteiger partial charge on any atom is 0.251 e. The second-order valence-corrected chi connectivity index (χ2v) is 10.6. The molecule has 0 aliphatic carbocycles. The van der Waals surface area contributed by atoms with E-state index in [4.69, 9.17) is 16.0 Å². The lowest BCUT2D eigenvalue weighted by atomic mass is 10.3. The monoisotopic (exact) mass is 326 g/mol. The second-order valence-electron chi connectivity index (χ2n) is 6.05. The molecule has 0 unspecified atom stereocenters. The molecule has 1 aromatic carbocycles. The van der Waals surface area contributed by atoms with Gasteiger partial charge in [-0.2, -0.15) is 0 Å². The molecule has 0 atom stereocenters. The summed E-state index contributed by atoms with van der Waals surface area (Å²) < 4.78 is 6.64. The van der Waals surface area contributed by atoms with E-state index in [9.17, 15) is 0 Å². The quantitative estimate of drug-likeness (QED) is 0.395. The van der Waals surface area contributed by atoms with Crippen LogP contribution in [0.25, 0.3) is 0 Å². The van der Waals surface area contributed by atoms with Crippen LogP contribution in [0.4, 0.5) is 0 Å². The normalized spacial score (nSPS) is 11.6. The molecular weight excluding hydrogens is 296 g/mol. The first-order valence-corrected chi connectivity index (χ1v) is 11.5. The number of hydrogen-bond acceptors (Lipinski definition) is 1. The molecule has 0 amide bonds. The van der Waals surface area contributed by atoms with E-state index in [1.807, 2.05) is 24.3 Å². The Morgan fingerprint density at radius 2 is 1.24 bits per heavy atom. The predicted octanol–water partition coefficient (Wildman–Crippen LogP) is 7.06. The summed E-state index contributed by atoms with van der Waals surface area (Å²) in [5.74, 6) is 1.02. The molecule has 0 spiro atoms. The standard InChI is InChI=1S/C18H31ClOSi/c1-4-7-14-21(15-8-5-2,16-9-6-3)20-18-12-10-17(19)11-13-18/h10-13H,4-9,14-16H2,1-3H3. The van der Waals surface area contributed by atoms with Crippen LogP contribution >= 0.6 is 11.6 Å². The van der Waals surface area contributed by atoms with E-state index in [2.05, 4.69) is 20.8 Å². The summed E-state index contributed by atoms with van der Waals surface area (Å²) in [5.41, 5.74) is 0. The van der Waals surface area contributed by atoms with Crippen LogP contribution in [0.2, 0.25) is 23.2 Å². The minimum absolute atomic E-state index is 0.783. The Labute approximate surface area is 137 Å². The van der Waals surface area contributed by atoms with Crippen LogP contribution in [-0.2, 0) is 0 Å². The average molecular weight is 327 g/mol. The molecule has 1 aromatic rings. The zero-order valence-electron chi connectivity index (χ0n) is 14.0. The van der Waals surface area contributed by atoms with Gasteiger partial charge in [0.15, 0.2) is 0 Å². The summed E-state index contributed by atoms with van der Waals surface area (Å²) in [7, 11) is -1.66. The molecule has 0 radical (unpaired) electrons. The van der Waals surface area contributed by atoms with Crippen molar-refractivity contribution in [3.05, 3.63) is 29.3 Å². The van der Waals surface area contributed by atoms with Crippen molar-refractivity contribution in [3.8, 4) is 5.75 Å². The minimum Gasteiger partial charge on any atom is -0.543 e. The van der Waals surface area contributed by atoms with Gasteiger partial charge in [0.1, 0.15) is 5.75 Å². The zero-order chi connectivity index (χ0) is 15.6. The van der Waals surface area contributed by atoms with Crippen molar-refractivity contribution in [2.75, 3.05) is 0 Å². The summed E-state index contributed by atoms with van der Waals surface area (Å²) >= 11 is 5.99. The van der Waals surface area contributed by atoms with Gasteiger partial charge in [0.25, 0.3) is 8.32 Å². The van der Waals surface area contributed by atoms with Gasteiger partial charge in [-0.15, -0.1) is 0 Å². The highest BCUT2D eigenvalue weighted by atomic mass is 35.5. The molecule has 120 valence electrons. The fourth-order valence-corrected chi connectivity index (χ4v) is 7.59. The maximum atomic E-state index is 6.64. The smallest absolute Gasteiger partial charge is 0.251 e. The molecule has 0 bridgehead atoms. The fourth-order valence-electron chi connectivity index (χ4n) is 2.78. The molecule has 0 aromatic heterocycles. The lowest BCUT2D eigenvalue weighted by Gasteiger charge is -2.32. The summed E-state index contributed by atoms with van der Waals surface area (Å²) in [6.07, 6.45) is 7.68. The molecule has 0 aliphatic rings. The van der Waals surface area contributed by atoms with Gasteiger partial charge in [-0.25, -0.2) is 0 Å². The Kier molecular flexibility index (Phi) is 9.10. The first kappa shape index (κ1) is 18.6. The maximum absolute atomic E-state index is 6.64. The molecule has 0 aliphatic heterocycles. The Morgan fingerprint density at radius 3 is 1.62 bits per heavy atom. The van der Waals surface area contributed by atoms with Gasteiger partial charge in [0.2, 0.25) is 0 Å². The van der Waals surface area contributed by atoms with Crippen LogP contribution in [0.3, 0.4) is 0 Å². The van der Waals surface area contributed by atoms with Crippen molar-refractivity contribution in [1.82, 2.24) is 0 Å². The lowest BCUT2D eigenvalue weighted by molar-refractivity contribution is 0.511. The molecule has 1 rings (SSSR count). The molecule has 0 heterocycles. The van der Waals surface area contributed by atoms with Crippen molar-refractivity contribution in [1.29, 1.82) is 0 Å². The zero-order valence-corrected chi connectivity index (χ0v) is 15.7. The highest BCUT2D eigenvalue weighted by Crippen LogP contribution is 2.31. The predicted molar refractivity (Wildman–Crippen MR) is 97.0 cm³/mol. The SMILES string of the molecule is CCCC[Si](CCCC)(CCCC)Oc1ccc(Cl)cc1. The Balaban J connectivity index is 2.85. The Bertz CT molecular complexity index is 356. The van der Waals surface area contributed by atoms with E-state index in [0.717, 1.165) is 10.8 Å². The van der Waals surface area contributed by atoms with E-state index in [0.29, 0.717) is 0 Å². The first-order valence-electron chi connectivity index (χ1n) is 8.60. The third-order valence-corrected chi connectivity index (χ3v) is 8.82. The summed E-state index contributed by atoms with van der Waals surface area (Å²) in [4.78, 5) is 0. The lowest BCUT2D eigenvalue weighted by Crippen LogP contribution is -2.41. The van der Waals surface area contributed by atoms with Gasteiger partial charge in [0, 0.05) is 5.02 Å². The van der Waals surface area contributed by atoms with Crippen LogP contribution < -0.4 is 4.43 Å². The minimum atomic E-state index is -1.66. The van der Waals surface area contributed by atoms with Crippen LogP contribution in [0.5, 0.6) is 5.75 Å². The van der Waals surface area contributed by atoms with Crippen LogP contribution in [0, 0.1) is 0 Å². The van der Waals surface area contributed by atoms with Gasteiger partial charge in [-0.3, -0.25) is 0 Å². The van der Waals surface area contributed by atoms with E-state index in [1.165, 1.54) is 56.7 Å². The molecule has 21 heavy (non-hydrogen) atoms. The van der Waals surface area contributed by atoms with Crippen LogP contribution in [0.1, 0.15) is 59.3 Å². The van der Waals surface area contributed by atoms with Gasteiger partial charge in [0.05, 0.1) is 0 Å². The van der Waals surface area contributed by atoms with E-state index in [1.54, 1.807) is 0 Å². The van der Waals surface area contributed by atoms with Gasteiger partial charge < -0.3 is 4.43 Å². The summed E-state index contributed by atoms with van der Waals surface area (Å²) in [6.45, 7) is 6.84. The van der Waals surface area contributed by atoms with E-state index < -0.39 is 8.32 Å². The number of benzene rings is 1. The third kappa shape index (κ3) is 6.88. The largest absolute Gasteiger partial charge is 0.543 e. The van der Waals surface area contributed by atoms with Crippen molar-refractivity contribution in [2.24, 2.45) is 0 Å². The van der Waals surface area contributed by atoms with Crippen LogP contribution in [0.15, 0.2) is 24.3 Å². The number of halogens is 1. The summed E-state index contributed by atoms with van der Waals surface area (Å²) in [6, 6.07) is 11.8. The molecular formula is C18H31ClOSi. The van der Waals surface area contributed by atoms with Crippen molar-refractivity contribution in [2.45, 2.75) is 77.4 Å². The van der Waals surface area contributed by atoms with Crippen LogP contribution in [-0.4, -0.2) is 8.32 Å². The second kappa shape index (κ2) is 10.3. The highest BCUT2D eigenvalue weighted by Gasteiger charge is 2.35. The van der Waals surface area contributed by atoms with Crippen molar-refractivity contribution >= 4 is 19.9 Å². The van der Waals surface area contributed by atoms with Gasteiger partial charge in [-0.05, 0) is 42.4 Å². The number of rotatable bonds is 11. The van der Waals surface area contributed by atoms with Gasteiger partial charge in [-0.1, -0.05) is 70.9 Å². The number of hydrogen-bond donors (Lipinski definition) is 0. The molecule has 0 N–H and O–H groups in total. The summed E-state index contributed by atoms with van der Waals surface area (Å²) in [5, 5.41) is 0.783. The van der Waals surface area contributed by atoms with E-state index >= 15 is 0 Å². The van der Waals surface area contributed by atoms with E-state index in [-0.39, 0.29) is 0 Å². The molecule has 0 fully saturated rings. The topological polar surface area (TPSA) is 9.23 Å². The third-order valence-electron chi connectivity index (χ3n) is 4.11. The number of unbranched alkanes of at least 4 members (excludes halogenated alkanes) is 3. The molecule has 0 saturated carbocycles.